The first-order valence-electron chi connectivity index (χ1n) is 5.72. The number of aromatic nitrogens is 2. The Morgan fingerprint density at radius 1 is 1.15 bits per heavy atom. The van der Waals surface area contributed by atoms with Crippen molar-refractivity contribution in [2.24, 2.45) is 0 Å². The number of nitrogens with one attached hydrogen (secondary N) is 2. The fourth-order valence-corrected chi connectivity index (χ4v) is 1.61. The summed E-state index contributed by atoms with van der Waals surface area (Å²) in [6, 6.07) is 9.47. The Labute approximate surface area is 113 Å². The van der Waals surface area contributed by atoms with E-state index in [0.717, 1.165) is 6.07 Å². The van der Waals surface area contributed by atoms with E-state index < -0.39 is 23.5 Å². The Kier molecular flexibility index (Phi) is 3.90. The van der Waals surface area contributed by atoms with Gasteiger partial charge in [-0.05, 0) is 11.6 Å². The fraction of sp³-hybridized carbons (Fsp3) is 0.0769. The fourth-order valence-electron chi connectivity index (χ4n) is 1.61. The molecule has 0 aliphatic rings. The highest BCUT2D eigenvalue weighted by molar-refractivity contribution is 5.95. The minimum atomic E-state index is -1.19. The van der Waals surface area contributed by atoms with Crippen LogP contribution in [0, 0.1) is 0 Å². The molecular weight excluding hydrogens is 262 g/mol. The number of hydrogen-bond acceptors (Lipinski definition) is 4. The minimum Gasteiger partial charge on any atom is -0.479 e. The van der Waals surface area contributed by atoms with Crippen LogP contribution in [0.4, 0.5) is 0 Å². The van der Waals surface area contributed by atoms with Crippen LogP contribution in [0.5, 0.6) is 0 Å². The Morgan fingerprint density at radius 2 is 1.85 bits per heavy atom. The first kappa shape index (κ1) is 13.5. The molecule has 2 aromatic rings. The topological polar surface area (TPSA) is 112 Å². The zero-order valence-corrected chi connectivity index (χ0v) is 10.2. The van der Waals surface area contributed by atoms with Crippen molar-refractivity contribution in [3.05, 3.63) is 64.1 Å². The van der Waals surface area contributed by atoms with Crippen molar-refractivity contribution in [3.63, 3.8) is 0 Å². The van der Waals surface area contributed by atoms with Gasteiger partial charge in [0.25, 0.3) is 11.5 Å². The van der Waals surface area contributed by atoms with E-state index in [1.807, 2.05) is 0 Å². The highest BCUT2D eigenvalue weighted by atomic mass is 16.4. The molecule has 7 heteroatoms. The summed E-state index contributed by atoms with van der Waals surface area (Å²) in [5, 5.41) is 17.2. The largest absolute Gasteiger partial charge is 0.479 e. The van der Waals surface area contributed by atoms with Crippen LogP contribution in [0.1, 0.15) is 22.1 Å². The van der Waals surface area contributed by atoms with Crippen molar-refractivity contribution in [2.75, 3.05) is 0 Å². The second-order valence-corrected chi connectivity index (χ2v) is 3.96. The van der Waals surface area contributed by atoms with Crippen molar-refractivity contribution in [1.29, 1.82) is 0 Å². The first-order chi connectivity index (χ1) is 9.58. The van der Waals surface area contributed by atoms with Crippen molar-refractivity contribution in [2.45, 2.75) is 6.04 Å². The number of carbonyl (C=O) groups excluding carboxylic acids is 1. The molecule has 2 rings (SSSR count). The maximum absolute atomic E-state index is 11.9. The third-order valence-electron chi connectivity index (χ3n) is 2.57. The molecule has 1 heterocycles. The van der Waals surface area contributed by atoms with E-state index in [4.69, 9.17) is 0 Å². The molecule has 0 fully saturated rings. The number of rotatable bonds is 4. The molecule has 0 aliphatic heterocycles. The molecule has 102 valence electrons. The molecule has 1 amide bonds. The number of hydrogen-bond donors (Lipinski definition) is 3. The smallest absolute Gasteiger partial charge is 0.330 e. The SMILES string of the molecule is O=C(N[C@H](C(=O)O)c1ccccc1)c1ccc(=O)[nH]n1. The number of aromatic amines is 1. The van der Waals surface area contributed by atoms with Gasteiger partial charge in [-0.15, -0.1) is 0 Å². The average molecular weight is 273 g/mol. The van der Waals surface area contributed by atoms with Gasteiger partial charge in [0.15, 0.2) is 6.04 Å². The predicted molar refractivity (Wildman–Crippen MR) is 69.1 cm³/mol. The molecule has 7 nitrogen and oxygen atoms in total. The minimum absolute atomic E-state index is 0.0632. The van der Waals surface area contributed by atoms with Gasteiger partial charge in [0.05, 0.1) is 0 Å². The lowest BCUT2D eigenvalue weighted by molar-refractivity contribution is -0.139. The van der Waals surface area contributed by atoms with Crippen LogP contribution in [0.25, 0.3) is 0 Å². The zero-order chi connectivity index (χ0) is 14.5. The third-order valence-corrected chi connectivity index (χ3v) is 2.57. The van der Waals surface area contributed by atoms with Crippen molar-refractivity contribution in [3.8, 4) is 0 Å². The summed E-state index contributed by atoms with van der Waals surface area (Å²) in [5.41, 5.74) is -0.0658. The van der Waals surface area contributed by atoms with Gasteiger partial charge in [0, 0.05) is 6.07 Å². The van der Waals surface area contributed by atoms with Crippen molar-refractivity contribution in [1.82, 2.24) is 15.5 Å². The van der Waals surface area contributed by atoms with Crippen LogP contribution in [-0.2, 0) is 4.79 Å². The van der Waals surface area contributed by atoms with Crippen LogP contribution in [0.3, 0.4) is 0 Å². The van der Waals surface area contributed by atoms with Gasteiger partial charge in [-0.3, -0.25) is 9.59 Å². The van der Waals surface area contributed by atoms with Gasteiger partial charge < -0.3 is 10.4 Å². The number of benzene rings is 1. The highest BCUT2D eigenvalue weighted by Gasteiger charge is 2.22. The van der Waals surface area contributed by atoms with Gasteiger partial charge in [-0.1, -0.05) is 30.3 Å². The number of amides is 1. The summed E-state index contributed by atoms with van der Waals surface area (Å²) in [6.07, 6.45) is 0. The van der Waals surface area contributed by atoms with Crippen LogP contribution < -0.4 is 10.9 Å². The maximum Gasteiger partial charge on any atom is 0.330 e. The zero-order valence-electron chi connectivity index (χ0n) is 10.2. The van der Waals surface area contributed by atoms with E-state index in [0.29, 0.717) is 5.56 Å². The standard InChI is InChI=1S/C13H11N3O4/c17-10-7-6-9(15-16-10)12(18)14-11(13(19)20)8-4-2-1-3-5-8/h1-7,11H,(H,14,18)(H,16,17)(H,19,20)/t11-/m0/s1. The summed E-state index contributed by atoms with van der Waals surface area (Å²) < 4.78 is 0. The van der Waals surface area contributed by atoms with Gasteiger partial charge in [0.1, 0.15) is 5.69 Å². The van der Waals surface area contributed by atoms with Gasteiger partial charge in [0.2, 0.25) is 0 Å². The van der Waals surface area contributed by atoms with Crippen LogP contribution in [0.15, 0.2) is 47.3 Å². The van der Waals surface area contributed by atoms with E-state index in [1.54, 1.807) is 30.3 Å². The monoisotopic (exact) mass is 273 g/mol. The molecule has 0 bridgehead atoms. The number of carbonyl (C=O) groups is 2. The molecule has 1 atom stereocenters. The Balaban J connectivity index is 2.21. The summed E-state index contributed by atoms with van der Waals surface area (Å²) in [7, 11) is 0. The van der Waals surface area contributed by atoms with Crippen molar-refractivity contribution >= 4 is 11.9 Å². The number of carboxylic acid groups (broad SMARTS) is 1. The molecule has 0 unspecified atom stereocenters. The lowest BCUT2D eigenvalue weighted by Gasteiger charge is -2.14. The molecule has 0 saturated carbocycles. The second-order valence-electron chi connectivity index (χ2n) is 3.96. The number of carboxylic acids is 1. The van der Waals surface area contributed by atoms with Gasteiger partial charge >= 0.3 is 5.97 Å². The lowest BCUT2D eigenvalue weighted by Crippen LogP contribution is -2.34. The third kappa shape index (κ3) is 3.08. The number of nitrogens with zero attached hydrogens (tertiary/aromatic N) is 1. The quantitative estimate of drug-likeness (QED) is 0.743. The molecule has 0 saturated heterocycles. The molecule has 0 spiro atoms. The number of aliphatic carboxylic acids is 1. The normalized spacial score (nSPS) is 11.6. The summed E-state index contributed by atoms with van der Waals surface area (Å²) in [6.45, 7) is 0. The Hall–Kier alpha value is -2.96. The number of H-pyrrole nitrogens is 1. The summed E-state index contributed by atoms with van der Waals surface area (Å²) in [5.74, 6) is -1.87. The molecule has 0 radical (unpaired) electrons. The van der Waals surface area contributed by atoms with E-state index >= 15 is 0 Å². The van der Waals surface area contributed by atoms with Crippen LogP contribution in [0.2, 0.25) is 0 Å². The van der Waals surface area contributed by atoms with E-state index in [1.165, 1.54) is 6.07 Å². The van der Waals surface area contributed by atoms with E-state index in [9.17, 15) is 19.5 Å². The maximum atomic E-state index is 11.9. The second kappa shape index (κ2) is 5.79. The summed E-state index contributed by atoms with van der Waals surface area (Å²) in [4.78, 5) is 34.0. The van der Waals surface area contributed by atoms with Crippen LogP contribution in [-0.4, -0.2) is 27.2 Å². The Bertz CT molecular complexity index is 661. The van der Waals surface area contributed by atoms with E-state index in [-0.39, 0.29) is 5.69 Å². The first-order valence-corrected chi connectivity index (χ1v) is 5.72. The van der Waals surface area contributed by atoms with Gasteiger partial charge in [-0.25, -0.2) is 9.89 Å². The average Bonchev–Trinajstić information content (AvgIpc) is 2.46. The van der Waals surface area contributed by atoms with E-state index in [2.05, 4.69) is 15.5 Å². The Morgan fingerprint density at radius 3 is 2.40 bits per heavy atom. The predicted octanol–water partition coefficient (Wildman–Crippen LogP) is 0.326. The molecule has 1 aromatic carbocycles. The molecule has 3 N–H and O–H groups in total. The lowest BCUT2D eigenvalue weighted by atomic mass is 10.1. The van der Waals surface area contributed by atoms with Crippen molar-refractivity contribution < 1.29 is 14.7 Å². The van der Waals surface area contributed by atoms with Crippen LogP contribution >= 0.6 is 0 Å². The molecule has 20 heavy (non-hydrogen) atoms. The highest BCUT2D eigenvalue weighted by Crippen LogP contribution is 2.13. The molecule has 1 aromatic heterocycles. The van der Waals surface area contributed by atoms with Gasteiger partial charge in [-0.2, -0.15) is 5.10 Å². The summed E-state index contributed by atoms with van der Waals surface area (Å²) >= 11 is 0. The molecular formula is C13H11N3O4. The molecule has 0 aliphatic carbocycles.